The summed E-state index contributed by atoms with van der Waals surface area (Å²) in [6.07, 6.45) is -3.88. The maximum absolute atomic E-state index is 12.6. The van der Waals surface area contributed by atoms with Crippen LogP contribution in [-0.4, -0.2) is 58.2 Å². The van der Waals surface area contributed by atoms with E-state index in [0.717, 1.165) is 11.0 Å². The maximum Gasteiger partial charge on any atom is 0.480 e. The van der Waals surface area contributed by atoms with Gasteiger partial charge in [-0.05, 0) is 6.07 Å². The smallest absolute Gasteiger partial charge is 0.480 e. The lowest BCUT2D eigenvalue weighted by molar-refractivity contribution is -0.898. The molecule has 0 atom stereocenters. The van der Waals surface area contributed by atoms with E-state index in [4.69, 9.17) is 11.6 Å². The van der Waals surface area contributed by atoms with Crippen LogP contribution in [0.15, 0.2) is 12.3 Å². The molecule has 14 heteroatoms. The molecule has 0 unspecified atom stereocenters. The fourth-order valence-corrected chi connectivity index (χ4v) is 3.26. The van der Waals surface area contributed by atoms with Crippen LogP contribution in [-0.2, 0) is 16.2 Å². The van der Waals surface area contributed by atoms with Gasteiger partial charge in [0.25, 0.3) is 0 Å². The summed E-state index contributed by atoms with van der Waals surface area (Å²) >= 11 is 5.88. The van der Waals surface area contributed by atoms with Gasteiger partial charge in [0.2, 0.25) is 0 Å². The summed E-state index contributed by atoms with van der Waals surface area (Å²) in [4.78, 5) is 6.23. The maximum atomic E-state index is 12.6. The lowest BCUT2D eigenvalue weighted by Crippen LogP contribution is -3.15. The molecule has 1 aromatic rings. The number of quaternary nitrogens is 1. The minimum Gasteiger partial charge on any atom is -0.537 e. The summed E-state index contributed by atoms with van der Waals surface area (Å²) in [5, 5.41) is -0.153. The van der Waals surface area contributed by atoms with Crippen LogP contribution in [0.2, 0.25) is 5.02 Å². The molecule has 6 nitrogen and oxygen atoms in total. The zero-order chi connectivity index (χ0) is 20.5. The molecular formula is C13H15ClF6N4O2S. The Morgan fingerprint density at radius 1 is 1.19 bits per heavy atom. The first-order valence-electron chi connectivity index (χ1n) is 7.62. The Morgan fingerprint density at radius 3 is 2.26 bits per heavy atom. The predicted molar refractivity (Wildman–Crippen MR) is 85.2 cm³/mol. The van der Waals surface area contributed by atoms with Crippen molar-refractivity contribution in [2.24, 2.45) is 0 Å². The third-order valence-electron chi connectivity index (χ3n) is 3.94. The third-order valence-corrected chi connectivity index (χ3v) is 5.32. The van der Waals surface area contributed by atoms with Crippen molar-refractivity contribution in [1.29, 1.82) is 0 Å². The quantitative estimate of drug-likeness (QED) is 0.707. The van der Waals surface area contributed by atoms with Gasteiger partial charge in [0.15, 0.2) is 10.0 Å². The van der Waals surface area contributed by atoms with E-state index < -0.39 is 33.8 Å². The number of hydrogen-bond donors (Lipinski definition) is 1. The molecule has 1 aliphatic rings. The number of piperazine rings is 1. The number of sulfonamides is 1. The molecule has 2 heterocycles. The van der Waals surface area contributed by atoms with E-state index in [1.807, 2.05) is 0 Å². The average molecular weight is 441 g/mol. The van der Waals surface area contributed by atoms with Gasteiger partial charge in [-0.15, -0.1) is 0 Å². The Kier molecular flexibility index (Phi) is 6.49. The summed E-state index contributed by atoms with van der Waals surface area (Å²) in [6, 6.07) is 0.782. The normalized spacial score (nSPS) is 17.4. The van der Waals surface area contributed by atoms with Gasteiger partial charge >= 0.3 is 11.7 Å². The number of anilines is 1. The van der Waals surface area contributed by atoms with Crippen LogP contribution < -0.4 is 9.80 Å². The summed E-state index contributed by atoms with van der Waals surface area (Å²) in [5.41, 5.74) is -6.38. The molecule has 154 valence electrons. The zero-order valence-electron chi connectivity index (χ0n) is 13.6. The van der Waals surface area contributed by atoms with E-state index in [2.05, 4.69) is 9.71 Å². The number of nitrogens with one attached hydrogen (secondary N) is 1. The van der Waals surface area contributed by atoms with Gasteiger partial charge in [-0.3, -0.25) is 0 Å². The van der Waals surface area contributed by atoms with Crippen molar-refractivity contribution in [2.75, 3.05) is 44.2 Å². The van der Waals surface area contributed by atoms with E-state index in [1.54, 1.807) is 4.90 Å². The number of halogens is 7. The number of rotatable bonds is 5. The minimum absolute atomic E-state index is 0.0807. The number of pyridine rings is 1. The monoisotopic (exact) mass is 440 g/mol. The Hall–Kier alpha value is -1.31. The van der Waals surface area contributed by atoms with Gasteiger partial charge in [0.05, 0.1) is 43.3 Å². The highest BCUT2D eigenvalue weighted by atomic mass is 35.5. The van der Waals surface area contributed by atoms with Crippen molar-refractivity contribution >= 4 is 27.4 Å². The molecule has 1 N–H and O–H groups in total. The largest absolute Gasteiger partial charge is 0.537 e. The van der Waals surface area contributed by atoms with E-state index in [1.165, 1.54) is 0 Å². The highest BCUT2D eigenvalue weighted by Crippen LogP contribution is 2.33. The minimum atomic E-state index is -5.49. The van der Waals surface area contributed by atoms with Gasteiger partial charge in [-0.2, -0.15) is 26.3 Å². The Morgan fingerprint density at radius 2 is 1.78 bits per heavy atom. The molecular weight excluding hydrogens is 426 g/mol. The molecule has 1 aliphatic heterocycles. The van der Waals surface area contributed by atoms with Gasteiger partial charge in [0, 0.05) is 6.20 Å². The fraction of sp³-hybridized carbons (Fsp3) is 0.615. The molecule has 0 saturated carbocycles. The molecule has 0 aliphatic carbocycles. The fourth-order valence-electron chi connectivity index (χ4n) is 2.50. The molecule has 1 fully saturated rings. The Bertz CT molecular complexity index is 763. The third kappa shape index (κ3) is 5.59. The van der Waals surface area contributed by atoms with Crippen LogP contribution in [0.25, 0.3) is 4.72 Å². The second-order valence-corrected chi connectivity index (χ2v) is 7.87. The van der Waals surface area contributed by atoms with Gasteiger partial charge in [0.1, 0.15) is 5.82 Å². The van der Waals surface area contributed by atoms with E-state index in [0.29, 0.717) is 32.4 Å². The van der Waals surface area contributed by atoms with Crippen LogP contribution >= 0.6 is 11.6 Å². The summed E-state index contributed by atoms with van der Waals surface area (Å²) in [6.45, 7) is 1.11. The summed E-state index contributed by atoms with van der Waals surface area (Å²) < 4.78 is 98.9. The van der Waals surface area contributed by atoms with E-state index >= 15 is 0 Å². The van der Waals surface area contributed by atoms with Crippen LogP contribution in [0.1, 0.15) is 5.56 Å². The number of hydrogen-bond acceptors (Lipinski definition) is 4. The molecule has 0 radical (unpaired) electrons. The molecule has 1 saturated heterocycles. The van der Waals surface area contributed by atoms with Crippen molar-refractivity contribution in [3.05, 3.63) is 27.6 Å². The lowest BCUT2D eigenvalue weighted by Gasteiger charge is -2.34. The number of nitrogens with zero attached hydrogens (tertiary/aromatic N) is 3. The molecule has 1 aromatic heterocycles. The molecule has 0 spiro atoms. The molecule has 2 rings (SSSR count). The standard InChI is InChI=1S/C13H14ClF6N4O2S/c14-10-7-9(12(15,16)17)8-21-11(10)24-5-3-23(4-6-24)2-1-22-27(25,26)13(18,19)20/h7-8H,1-6H2/q-1/p+1. The molecule has 0 aromatic carbocycles. The van der Waals surface area contributed by atoms with E-state index in [9.17, 15) is 34.8 Å². The van der Waals surface area contributed by atoms with Crippen molar-refractivity contribution in [1.82, 2.24) is 4.98 Å². The molecule has 27 heavy (non-hydrogen) atoms. The Balaban J connectivity index is 1.87. The van der Waals surface area contributed by atoms with Crippen LogP contribution in [0.5, 0.6) is 0 Å². The highest BCUT2D eigenvalue weighted by molar-refractivity contribution is 7.94. The van der Waals surface area contributed by atoms with Crippen molar-refractivity contribution in [3.63, 3.8) is 0 Å². The van der Waals surface area contributed by atoms with Crippen LogP contribution in [0.3, 0.4) is 0 Å². The van der Waals surface area contributed by atoms with Gasteiger partial charge < -0.3 is 14.5 Å². The first kappa shape index (κ1) is 22.0. The second-order valence-electron chi connectivity index (χ2n) is 5.79. The zero-order valence-corrected chi connectivity index (χ0v) is 15.2. The average Bonchev–Trinajstić information content (AvgIpc) is 2.53. The lowest BCUT2D eigenvalue weighted by atomic mass is 10.2. The predicted octanol–water partition coefficient (Wildman–Crippen LogP) is 1.68. The van der Waals surface area contributed by atoms with Crippen molar-refractivity contribution in [3.8, 4) is 0 Å². The van der Waals surface area contributed by atoms with E-state index in [-0.39, 0.29) is 17.4 Å². The topological polar surface area (TPSA) is 68.8 Å². The summed E-state index contributed by atoms with van der Waals surface area (Å²) in [5.74, 6) is 0.188. The number of alkyl halides is 6. The highest BCUT2D eigenvalue weighted by Gasteiger charge is 2.38. The Labute approximate surface area is 156 Å². The summed E-state index contributed by atoms with van der Waals surface area (Å²) in [7, 11) is -5.49. The first-order chi connectivity index (χ1) is 12.3. The van der Waals surface area contributed by atoms with Gasteiger partial charge in [-0.25, -0.2) is 13.4 Å². The van der Waals surface area contributed by atoms with Crippen LogP contribution in [0.4, 0.5) is 32.2 Å². The first-order valence-corrected chi connectivity index (χ1v) is 9.44. The van der Waals surface area contributed by atoms with Crippen molar-refractivity contribution in [2.45, 2.75) is 11.7 Å². The molecule has 0 amide bonds. The van der Waals surface area contributed by atoms with Gasteiger partial charge in [-0.1, -0.05) is 18.1 Å². The SMILES string of the molecule is O=S(=O)([N-]CC[NH+]1CCN(c2ncc(C(F)(F)F)cc2Cl)CC1)C(F)(F)F. The van der Waals surface area contributed by atoms with Crippen LogP contribution in [0, 0.1) is 0 Å². The van der Waals surface area contributed by atoms with Crippen molar-refractivity contribution < 1.29 is 39.7 Å². The second kappa shape index (κ2) is 7.97. The molecule has 0 bridgehead atoms. The number of aromatic nitrogens is 1.